The number of nitrogens with zero attached hydrogens (tertiary/aromatic N) is 3. The van der Waals surface area contributed by atoms with E-state index < -0.39 is 12.3 Å². The number of piperidine rings is 1. The molecule has 1 aromatic rings. The monoisotopic (exact) mass is 247 g/mol. The van der Waals surface area contributed by atoms with Gasteiger partial charge < -0.3 is 4.90 Å². The highest BCUT2D eigenvalue weighted by Crippen LogP contribution is 2.26. The molecule has 0 N–H and O–H groups in total. The number of anilines is 1. The fraction of sp³-hybridized carbons (Fsp3) is 0.600. The Balaban J connectivity index is 2.09. The van der Waals surface area contributed by atoms with Crippen LogP contribution in [0.25, 0.3) is 0 Å². The third-order valence-corrected chi connectivity index (χ3v) is 2.96. The van der Waals surface area contributed by atoms with E-state index in [-0.39, 0.29) is 0 Å². The Kier molecular flexibility index (Phi) is 3.53. The molecule has 1 aromatic heterocycles. The Morgan fingerprint density at radius 3 is 2.94 bits per heavy atom. The van der Waals surface area contributed by atoms with E-state index in [2.05, 4.69) is 9.97 Å². The predicted octanol–water partition coefficient (Wildman–Crippen LogP) is 2.61. The normalized spacial score (nSPS) is 21.5. The maximum atomic E-state index is 12.6. The van der Waals surface area contributed by atoms with Gasteiger partial charge in [0, 0.05) is 25.1 Å². The minimum atomic E-state index is -2.26. The highest BCUT2D eigenvalue weighted by Gasteiger charge is 2.27. The third kappa shape index (κ3) is 2.58. The molecule has 88 valence electrons. The van der Waals surface area contributed by atoms with Crippen molar-refractivity contribution in [3.05, 3.63) is 17.5 Å². The largest absolute Gasteiger partial charge is 0.356 e. The Hall–Kier alpha value is -0.970. The SMILES string of the molecule is FC(F)[C@@H]1CCCN(c2cc(Cl)ncn2)C1. The average Bonchev–Trinajstić information content (AvgIpc) is 2.29. The van der Waals surface area contributed by atoms with Crippen molar-refractivity contribution in [1.29, 1.82) is 0 Å². The molecule has 16 heavy (non-hydrogen) atoms. The Morgan fingerprint density at radius 1 is 1.44 bits per heavy atom. The van der Waals surface area contributed by atoms with E-state index in [1.54, 1.807) is 6.07 Å². The van der Waals surface area contributed by atoms with Crippen molar-refractivity contribution >= 4 is 17.4 Å². The molecule has 2 heterocycles. The summed E-state index contributed by atoms with van der Waals surface area (Å²) in [5.41, 5.74) is 0. The van der Waals surface area contributed by atoms with E-state index in [1.165, 1.54) is 6.33 Å². The number of alkyl halides is 2. The van der Waals surface area contributed by atoms with Crippen LogP contribution < -0.4 is 4.90 Å². The molecular weight excluding hydrogens is 236 g/mol. The van der Waals surface area contributed by atoms with E-state index in [9.17, 15) is 8.78 Å². The van der Waals surface area contributed by atoms with E-state index in [4.69, 9.17) is 11.6 Å². The molecular formula is C10H12ClF2N3. The topological polar surface area (TPSA) is 29.0 Å². The van der Waals surface area contributed by atoms with Gasteiger partial charge in [-0.3, -0.25) is 0 Å². The first-order valence-electron chi connectivity index (χ1n) is 5.17. The molecule has 1 aliphatic heterocycles. The van der Waals surface area contributed by atoms with Gasteiger partial charge in [0.1, 0.15) is 17.3 Å². The van der Waals surface area contributed by atoms with Crippen LogP contribution in [0.2, 0.25) is 5.15 Å². The number of halogens is 3. The van der Waals surface area contributed by atoms with Crippen molar-refractivity contribution in [2.75, 3.05) is 18.0 Å². The molecule has 3 nitrogen and oxygen atoms in total. The second-order valence-corrected chi connectivity index (χ2v) is 4.27. The second kappa shape index (κ2) is 4.91. The van der Waals surface area contributed by atoms with Crippen molar-refractivity contribution in [1.82, 2.24) is 9.97 Å². The van der Waals surface area contributed by atoms with Gasteiger partial charge in [0.15, 0.2) is 0 Å². The molecule has 0 spiro atoms. The number of aromatic nitrogens is 2. The van der Waals surface area contributed by atoms with Crippen LogP contribution in [0.1, 0.15) is 12.8 Å². The fourth-order valence-electron chi connectivity index (χ4n) is 1.92. The van der Waals surface area contributed by atoms with E-state index in [0.717, 1.165) is 13.0 Å². The standard InChI is InChI=1S/C10H12ClF2N3/c11-8-4-9(15-6-14-8)16-3-1-2-7(5-16)10(12)13/h4,6-7,10H,1-3,5H2/t7-/m1/s1. The van der Waals surface area contributed by atoms with Gasteiger partial charge in [0.25, 0.3) is 0 Å². The van der Waals surface area contributed by atoms with Crippen LogP contribution in [0.15, 0.2) is 12.4 Å². The smallest absolute Gasteiger partial charge is 0.243 e. The zero-order valence-corrected chi connectivity index (χ0v) is 9.37. The minimum Gasteiger partial charge on any atom is -0.356 e. The lowest BCUT2D eigenvalue weighted by atomic mass is 9.99. The van der Waals surface area contributed by atoms with Crippen molar-refractivity contribution in [3.63, 3.8) is 0 Å². The number of hydrogen-bond donors (Lipinski definition) is 0. The van der Waals surface area contributed by atoms with Crippen LogP contribution in [0.4, 0.5) is 14.6 Å². The first kappa shape index (κ1) is 11.5. The summed E-state index contributed by atoms with van der Waals surface area (Å²) in [6, 6.07) is 1.61. The Bertz CT molecular complexity index is 362. The maximum Gasteiger partial charge on any atom is 0.243 e. The van der Waals surface area contributed by atoms with Gasteiger partial charge >= 0.3 is 0 Å². The van der Waals surface area contributed by atoms with Crippen LogP contribution in [0.3, 0.4) is 0 Å². The summed E-state index contributed by atoms with van der Waals surface area (Å²) in [7, 11) is 0. The lowest BCUT2D eigenvalue weighted by molar-refractivity contribution is 0.0686. The second-order valence-electron chi connectivity index (χ2n) is 3.88. The van der Waals surface area contributed by atoms with Gasteiger partial charge in [-0.25, -0.2) is 18.7 Å². The Labute approximate surface area is 97.4 Å². The first-order valence-corrected chi connectivity index (χ1v) is 5.55. The highest BCUT2D eigenvalue weighted by atomic mass is 35.5. The molecule has 0 bridgehead atoms. The quantitative estimate of drug-likeness (QED) is 0.753. The summed E-state index contributed by atoms with van der Waals surface area (Å²) < 4.78 is 25.2. The van der Waals surface area contributed by atoms with Crippen molar-refractivity contribution in [2.45, 2.75) is 19.3 Å². The summed E-state index contributed by atoms with van der Waals surface area (Å²) >= 11 is 5.74. The van der Waals surface area contributed by atoms with Gasteiger partial charge in [0.05, 0.1) is 0 Å². The van der Waals surface area contributed by atoms with Crippen molar-refractivity contribution < 1.29 is 8.78 Å². The number of hydrogen-bond acceptors (Lipinski definition) is 3. The molecule has 0 unspecified atom stereocenters. The van der Waals surface area contributed by atoms with Gasteiger partial charge in [0.2, 0.25) is 6.43 Å². The molecule has 0 saturated carbocycles. The molecule has 1 fully saturated rings. The lowest BCUT2D eigenvalue weighted by Crippen LogP contribution is -2.38. The highest BCUT2D eigenvalue weighted by molar-refractivity contribution is 6.29. The molecule has 0 aliphatic carbocycles. The van der Waals surface area contributed by atoms with Crippen molar-refractivity contribution in [2.24, 2.45) is 5.92 Å². The summed E-state index contributed by atoms with van der Waals surface area (Å²) in [5, 5.41) is 0.337. The molecule has 2 rings (SSSR count). The van der Waals surface area contributed by atoms with Crippen LogP contribution in [-0.4, -0.2) is 29.5 Å². The molecule has 0 amide bonds. The number of rotatable bonds is 2. The summed E-state index contributed by atoms with van der Waals surface area (Å²) in [6.07, 6.45) is 0.424. The lowest BCUT2D eigenvalue weighted by Gasteiger charge is -2.33. The van der Waals surface area contributed by atoms with E-state index in [1.807, 2.05) is 4.90 Å². The molecule has 1 aliphatic rings. The summed E-state index contributed by atoms with van der Waals surface area (Å²) in [4.78, 5) is 9.65. The van der Waals surface area contributed by atoms with Crippen molar-refractivity contribution in [3.8, 4) is 0 Å². The average molecular weight is 248 g/mol. The molecule has 1 saturated heterocycles. The molecule has 1 atom stereocenters. The molecule has 6 heteroatoms. The zero-order chi connectivity index (χ0) is 11.5. The van der Waals surface area contributed by atoms with Crippen LogP contribution in [-0.2, 0) is 0 Å². The summed E-state index contributed by atoms with van der Waals surface area (Å²) in [5.74, 6) is 0.0628. The maximum absolute atomic E-state index is 12.6. The first-order chi connectivity index (χ1) is 7.66. The van der Waals surface area contributed by atoms with Gasteiger partial charge in [-0.2, -0.15) is 0 Å². The minimum absolute atomic E-state index is 0.337. The summed E-state index contributed by atoms with van der Waals surface area (Å²) in [6.45, 7) is 1.08. The van der Waals surface area contributed by atoms with Gasteiger partial charge in [-0.1, -0.05) is 11.6 Å². The third-order valence-electron chi connectivity index (χ3n) is 2.76. The predicted molar refractivity (Wildman–Crippen MR) is 58.0 cm³/mol. The van der Waals surface area contributed by atoms with Gasteiger partial charge in [-0.05, 0) is 12.8 Å². The van der Waals surface area contributed by atoms with Crippen LogP contribution >= 0.6 is 11.6 Å². The van der Waals surface area contributed by atoms with Crippen LogP contribution in [0.5, 0.6) is 0 Å². The van der Waals surface area contributed by atoms with E-state index >= 15 is 0 Å². The fourth-order valence-corrected chi connectivity index (χ4v) is 2.06. The zero-order valence-electron chi connectivity index (χ0n) is 8.61. The molecule has 0 radical (unpaired) electrons. The molecule has 0 aromatic carbocycles. The Morgan fingerprint density at radius 2 is 2.25 bits per heavy atom. The van der Waals surface area contributed by atoms with Crippen LogP contribution in [0, 0.1) is 5.92 Å². The van der Waals surface area contributed by atoms with E-state index in [0.29, 0.717) is 23.9 Å². The van der Waals surface area contributed by atoms with Gasteiger partial charge in [-0.15, -0.1) is 0 Å².